The van der Waals surface area contributed by atoms with Crippen molar-refractivity contribution in [3.8, 4) is 6.07 Å². The highest BCUT2D eigenvalue weighted by molar-refractivity contribution is 5.41. The topological polar surface area (TPSA) is 47.3 Å². The number of nitriles is 1. The van der Waals surface area contributed by atoms with Crippen molar-refractivity contribution in [3.63, 3.8) is 0 Å². The van der Waals surface area contributed by atoms with Crippen molar-refractivity contribution in [2.75, 3.05) is 13.1 Å². The molecule has 3 atom stereocenters. The number of rotatable bonds is 4. The van der Waals surface area contributed by atoms with Gasteiger partial charge in [-0.1, -0.05) is 48.5 Å². The Hall–Kier alpha value is -2.15. The van der Waals surface area contributed by atoms with Gasteiger partial charge in [0.25, 0.3) is 0 Å². The standard InChI is InChI=1S/C20H22N2O/c1-15(23)19-13-22(12-16-7-3-2-4-8-16)14-20(19)18-10-6-5-9-17(18)11-21/h2-10,15,19-20,23H,12-14H2,1H3. The predicted octanol–water partition coefficient (Wildman–Crippen LogP) is 3.15. The molecule has 3 nitrogen and oxygen atoms in total. The molecule has 1 N–H and O–H groups in total. The molecular weight excluding hydrogens is 284 g/mol. The highest BCUT2D eigenvalue weighted by Gasteiger charge is 2.37. The molecule has 3 rings (SSSR count). The second-order valence-electron chi connectivity index (χ2n) is 6.39. The van der Waals surface area contributed by atoms with Gasteiger partial charge in [-0.25, -0.2) is 0 Å². The van der Waals surface area contributed by atoms with Gasteiger partial charge in [0.05, 0.1) is 17.7 Å². The first-order valence-corrected chi connectivity index (χ1v) is 8.12. The SMILES string of the molecule is CC(O)C1CN(Cc2ccccc2)CC1c1ccccc1C#N. The first-order valence-electron chi connectivity index (χ1n) is 8.12. The molecule has 1 heterocycles. The van der Waals surface area contributed by atoms with Crippen LogP contribution in [0.15, 0.2) is 54.6 Å². The van der Waals surface area contributed by atoms with Crippen LogP contribution >= 0.6 is 0 Å². The maximum absolute atomic E-state index is 10.2. The van der Waals surface area contributed by atoms with Crippen LogP contribution in [-0.4, -0.2) is 29.2 Å². The summed E-state index contributed by atoms with van der Waals surface area (Å²) in [6.07, 6.45) is -0.382. The van der Waals surface area contributed by atoms with Gasteiger partial charge in [-0.3, -0.25) is 4.90 Å². The molecule has 1 aliphatic heterocycles. The lowest BCUT2D eigenvalue weighted by Gasteiger charge is -2.22. The van der Waals surface area contributed by atoms with Gasteiger partial charge in [0.15, 0.2) is 0 Å². The fraction of sp³-hybridized carbons (Fsp3) is 0.350. The molecule has 0 saturated carbocycles. The van der Waals surface area contributed by atoms with Crippen molar-refractivity contribution >= 4 is 0 Å². The number of benzene rings is 2. The van der Waals surface area contributed by atoms with Crippen molar-refractivity contribution in [2.24, 2.45) is 5.92 Å². The van der Waals surface area contributed by atoms with Crippen LogP contribution < -0.4 is 0 Å². The number of likely N-dealkylation sites (tertiary alicyclic amines) is 1. The summed E-state index contributed by atoms with van der Waals surface area (Å²) in [5.41, 5.74) is 3.08. The van der Waals surface area contributed by atoms with E-state index in [1.165, 1.54) is 5.56 Å². The smallest absolute Gasteiger partial charge is 0.0994 e. The molecule has 0 radical (unpaired) electrons. The van der Waals surface area contributed by atoms with Gasteiger partial charge in [-0.2, -0.15) is 5.26 Å². The van der Waals surface area contributed by atoms with E-state index in [4.69, 9.17) is 0 Å². The third-order valence-electron chi connectivity index (χ3n) is 4.79. The van der Waals surface area contributed by atoms with E-state index in [1.54, 1.807) is 0 Å². The van der Waals surface area contributed by atoms with Crippen LogP contribution in [0.5, 0.6) is 0 Å². The monoisotopic (exact) mass is 306 g/mol. The van der Waals surface area contributed by atoms with Crippen LogP contribution in [0, 0.1) is 17.2 Å². The quantitative estimate of drug-likeness (QED) is 0.944. The van der Waals surface area contributed by atoms with Gasteiger partial charge >= 0.3 is 0 Å². The average Bonchev–Trinajstić information content (AvgIpc) is 2.99. The zero-order chi connectivity index (χ0) is 16.2. The van der Waals surface area contributed by atoms with Crippen LogP contribution in [0.2, 0.25) is 0 Å². The lowest BCUT2D eigenvalue weighted by Crippen LogP contribution is -2.25. The van der Waals surface area contributed by atoms with E-state index in [1.807, 2.05) is 37.3 Å². The van der Waals surface area contributed by atoms with E-state index in [-0.39, 0.29) is 17.9 Å². The van der Waals surface area contributed by atoms with E-state index in [2.05, 4.69) is 35.2 Å². The van der Waals surface area contributed by atoms with Crippen LogP contribution in [0.25, 0.3) is 0 Å². The van der Waals surface area contributed by atoms with E-state index in [9.17, 15) is 10.4 Å². The molecule has 3 heteroatoms. The largest absolute Gasteiger partial charge is 0.393 e. The second kappa shape index (κ2) is 6.95. The van der Waals surface area contributed by atoms with Crippen LogP contribution in [0.4, 0.5) is 0 Å². The first kappa shape index (κ1) is 15.7. The number of nitrogens with zero attached hydrogens (tertiary/aromatic N) is 2. The zero-order valence-electron chi connectivity index (χ0n) is 13.4. The molecule has 118 valence electrons. The third kappa shape index (κ3) is 3.44. The molecule has 1 aliphatic rings. The van der Waals surface area contributed by atoms with Crippen molar-refractivity contribution < 1.29 is 5.11 Å². The zero-order valence-corrected chi connectivity index (χ0v) is 13.4. The molecule has 1 fully saturated rings. The molecule has 0 aliphatic carbocycles. The Morgan fingerprint density at radius 1 is 1.13 bits per heavy atom. The van der Waals surface area contributed by atoms with Gasteiger partial charge in [0, 0.05) is 31.5 Å². The van der Waals surface area contributed by atoms with Crippen molar-refractivity contribution in [1.82, 2.24) is 4.90 Å². The van der Waals surface area contributed by atoms with Crippen LogP contribution in [-0.2, 0) is 6.54 Å². The Bertz CT molecular complexity index is 690. The summed E-state index contributed by atoms with van der Waals surface area (Å²) in [6.45, 7) is 4.48. The van der Waals surface area contributed by atoms with Crippen molar-refractivity contribution in [3.05, 3.63) is 71.3 Å². The minimum absolute atomic E-state index is 0.160. The predicted molar refractivity (Wildman–Crippen MR) is 90.8 cm³/mol. The Labute approximate surface area is 137 Å². The van der Waals surface area contributed by atoms with E-state index < -0.39 is 0 Å². The molecule has 0 amide bonds. The molecule has 0 bridgehead atoms. The van der Waals surface area contributed by atoms with Gasteiger partial charge < -0.3 is 5.11 Å². The van der Waals surface area contributed by atoms with Gasteiger partial charge in [0.1, 0.15) is 0 Å². The van der Waals surface area contributed by atoms with Crippen LogP contribution in [0.1, 0.15) is 29.5 Å². The van der Waals surface area contributed by atoms with Crippen molar-refractivity contribution in [2.45, 2.75) is 25.5 Å². The summed E-state index contributed by atoms with van der Waals surface area (Å²) in [5, 5.41) is 19.6. The maximum Gasteiger partial charge on any atom is 0.0994 e. The highest BCUT2D eigenvalue weighted by Crippen LogP contribution is 2.36. The lowest BCUT2D eigenvalue weighted by molar-refractivity contribution is 0.120. The summed E-state index contributed by atoms with van der Waals surface area (Å²) in [7, 11) is 0. The number of aliphatic hydroxyl groups is 1. The van der Waals surface area contributed by atoms with Gasteiger partial charge in [0.2, 0.25) is 0 Å². The highest BCUT2D eigenvalue weighted by atomic mass is 16.3. The molecular formula is C20H22N2O. The lowest BCUT2D eigenvalue weighted by atomic mass is 9.84. The average molecular weight is 306 g/mol. The number of hydrogen-bond donors (Lipinski definition) is 1. The minimum Gasteiger partial charge on any atom is -0.393 e. The number of aliphatic hydroxyl groups excluding tert-OH is 1. The van der Waals surface area contributed by atoms with E-state index in [0.717, 1.165) is 30.8 Å². The molecule has 3 unspecified atom stereocenters. The molecule has 0 spiro atoms. The Kier molecular flexibility index (Phi) is 4.76. The van der Waals surface area contributed by atoms with Crippen molar-refractivity contribution in [1.29, 1.82) is 5.26 Å². The summed E-state index contributed by atoms with van der Waals surface area (Å²) < 4.78 is 0. The fourth-order valence-electron chi connectivity index (χ4n) is 3.62. The van der Waals surface area contributed by atoms with Crippen LogP contribution in [0.3, 0.4) is 0 Å². The fourth-order valence-corrected chi connectivity index (χ4v) is 3.62. The first-order chi connectivity index (χ1) is 11.2. The summed E-state index contributed by atoms with van der Waals surface area (Å²) in [6, 6.07) is 20.5. The maximum atomic E-state index is 10.2. The summed E-state index contributed by atoms with van der Waals surface area (Å²) >= 11 is 0. The molecule has 2 aromatic carbocycles. The molecule has 0 aromatic heterocycles. The van der Waals surface area contributed by atoms with E-state index in [0.29, 0.717) is 0 Å². The normalized spacial score (nSPS) is 22.7. The third-order valence-corrected chi connectivity index (χ3v) is 4.79. The van der Waals surface area contributed by atoms with Gasteiger partial charge in [-0.05, 0) is 24.1 Å². The second-order valence-corrected chi connectivity index (χ2v) is 6.39. The summed E-state index contributed by atoms with van der Waals surface area (Å²) in [4.78, 5) is 2.38. The Morgan fingerprint density at radius 3 is 2.52 bits per heavy atom. The Morgan fingerprint density at radius 2 is 1.83 bits per heavy atom. The number of hydrogen-bond acceptors (Lipinski definition) is 3. The molecule has 1 saturated heterocycles. The summed E-state index contributed by atoms with van der Waals surface area (Å²) in [5.74, 6) is 0.364. The van der Waals surface area contributed by atoms with E-state index >= 15 is 0 Å². The molecule has 23 heavy (non-hydrogen) atoms. The Balaban J connectivity index is 1.83. The molecule has 2 aromatic rings. The van der Waals surface area contributed by atoms with Gasteiger partial charge in [-0.15, -0.1) is 0 Å². The minimum atomic E-state index is -0.382.